The predicted molar refractivity (Wildman–Crippen MR) is 93.2 cm³/mol. The van der Waals surface area contributed by atoms with Crippen LogP contribution in [0.4, 0.5) is 4.79 Å². The Hall–Kier alpha value is -2.08. The van der Waals surface area contributed by atoms with Crippen molar-refractivity contribution in [1.82, 2.24) is 4.90 Å². The Labute approximate surface area is 143 Å². The molecule has 0 aliphatic carbocycles. The van der Waals surface area contributed by atoms with Gasteiger partial charge in [-0.2, -0.15) is 0 Å². The van der Waals surface area contributed by atoms with Crippen molar-refractivity contribution in [2.75, 3.05) is 13.6 Å². The van der Waals surface area contributed by atoms with Crippen LogP contribution in [0.15, 0.2) is 18.2 Å². The van der Waals surface area contributed by atoms with E-state index in [0.717, 1.165) is 11.1 Å². The third-order valence-electron chi connectivity index (χ3n) is 3.65. The molecule has 0 saturated carbocycles. The molecule has 3 N–H and O–H groups in total. The van der Waals surface area contributed by atoms with Crippen molar-refractivity contribution >= 4 is 12.1 Å². The molecule has 1 aromatic carbocycles. The van der Waals surface area contributed by atoms with Gasteiger partial charge in [0.25, 0.3) is 0 Å². The van der Waals surface area contributed by atoms with Gasteiger partial charge in [0.05, 0.1) is 5.56 Å². The van der Waals surface area contributed by atoms with Gasteiger partial charge in [-0.05, 0) is 56.9 Å². The summed E-state index contributed by atoms with van der Waals surface area (Å²) in [5, 5.41) is 9.08. The SMILES string of the molecule is CCc1cc(C(=O)O)ccc1C(N)CCN(C)C(=O)OC(C)(C)C. The molecule has 1 rings (SSSR count). The zero-order valence-electron chi connectivity index (χ0n) is 15.1. The molecule has 0 aliphatic rings. The molecular formula is C18H28N2O4. The van der Waals surface area contributed by atoms with Crippen LogP contribution >= 0.6 is 0 Å². The second kappa shape index (κ2) is 8.15. The van der Waals surface area contributed by atoms with E-state index in [1.54, 1.807) is 25.2 Å². The number of benzene rings is 1. The fourth-order valence-corrected chi connectivity index (χ4v) is 2.33. The molecule has 6 heteroatoms. The van der Waals surface area contributed by atoms with Crippen LogP contribution in [0.5, 0.6) is 0 Å². The molecule has 0 aliphatic heterocycles. The number of amides is 1. The van der Waals surface area contributed by atoms with Crippen molar-refractivity contribution in [1.29, 1.82) is 0 Å². The average molecular weight is 336 g/mol. The molecule has 1 unspecified atom stereocenters. The first-order valence-electron chi connectivity index (χ1n) is 8.11. The zero-order chi connectivity index (χ0) is 18.5. The minimum atomic E-state index is -0.950. The summed E-state index contributed by atoms with van der Waals surface area (Å²) in [6, 6.07) is 4.72. The van der Waals surface area contributed by atoms with Gasteiger partial charge in [0.1, 0.15) is 5.60 Å². The summed E-state index contributed by atoms with van der Waals surface area (Å²) < 4.78 is 5.31. The summed E-state index contributed by atoms with van der Waals surface area (Å²) in [6.45, 7) is 7.88. The highest BCUT2D eigenvalue weighted by atomic mass is 16.6. The van der Waals surface area contributed by atoms with Gasteiger partial charge in [-0.1, -0.05) is 13.0 Å². The number of hydrogen-bond acceptors (Lipinski definition) is 4. The molecule has 1 atom stereocenters. The molecule has 0 fully saturated rings. The second-order valence-electron chi connectivity index (χ2n) is 6.87. The Morgan fingerprint density at radius 1 is 1.33 bits per heavy atom. The van der Waals surface area contributed by atoms with Crippen LogP contribution in [0.1, 0.15) is 61.6 Å². The lowest BCUT2D eigenvalue weighted by Crippen LogP contribution is -2.35. The summed E-state index contributed by atoms with van der Waals surface area (Å²) in [7, 11) is 1.68. The van der Waals surface area contributed by atoms with E-state index >= 15 is 0 Å². The van der Waals surface area contributed by atoms with Crippen LogP contribution in [-0.4, -0.2) is 41.3 Å². The highest BCUT2D eigenvalue weighted by molar-refractivity contribution is 5.87. The summed E-state index contributed by atoms with van der Waals surface area (Å²) in [5.74, 6) is -0.950. The number of carbonyl (C=O) groups excluding carboxylic acids is 1. The normalized spacial score (nSPS) is 12.6. The molecule has 0 saturated heterocycles. The van der Waals surface area contributed by atoms with E-state index in [-0.39, 0.29) is 17.7 Å². The van der Waals surface area contributed by atoms with Gasteiger partial charge in [0, 0.05) is 19.6 Å². The summed E-state index contributed by atoms with van der Waals surface area (Å²) in [4.78, 5) is 24.5. The molecule has 134 valence electrons. The number of carboxylic acids is 1. The van der Waals surface area contributed by atoms with Crippen molar-refractivity contribution in [2.24, 2.45) is 5.73 Å². The van der Waals surface area contributed by atoms with Gasteiger partial charge in [-0.3, -0.25) is 0 Å². The first-order chi connectivity index (χ1) is 11.0. The number of carboxylic acid groups (broad SMARTS) is 1. The fraction of sp³-hybridized carbons (Fsp3) is 0.556. The lowest BCUT2D eigenvalue weighted by Gasteiger charge is -2.25. The van der Waals surface area contributed by atoms with Gasteiger partial charge in [-0.15, -0.1) is 0 Å². The first kappa shape index (κ1) is 20.0. The quantitative estimate of drug-likeness (QED) is 0.832. The van der Waals surface area contributed by atoms with Crippen LogP contribution in [0.3, 0.4) is 0 Å². The Morgan fingerprint density at radius 2 is 1.96 bits per heavy atom. The van der Waals surface area contributed by atoms with Crippen molar-refractivity contribution in [3.05, 3.63) is 34.9 Å². The van der Waals surface area contributed by atoms with Crippen molar-refractivity contribution in [3.8, 4) is 0 Å². The van der Waals surface area contributed by atoms with Crippen LogP contribution in [0.25, 0.3) is 0 Å². The van der Waals surface area contributed by atoms with Gasteiger partial charge >= 0.3 is 12.1 Å². The predicted octanol–water partition coefficient (Wildman–Crippen LogP) is 3.20. The first-order valence-corrected chi connectivity index (χ1v) is 8.11. The van der Waals surface area contributed by atoms with Crippen LogP contribution in [0.2, 0.25) is 0 Å². The largest absolute Gasteiger partial charge is 0.478 e. The number of carbonyl (C=O) groups is 2. The smallest absolute Gasteiger partial charge is 0.410 e. The van der Waals surface area contributed by atoms with Gasteiger partial charge in [0.15, 0.2) is 0 Å². The highest BCUT2D eigenvalue weighted by Gasteiger charge is 2.20. The number of ether oxygens (including phenoxy) is 1. The van der Waals surface area contributed by atoms with Crippen LogP contribution in [0, 0.1) is 0 Å². The molecule has 6 nitrogen and oxygen atoms in total. The third-order valence-corrected chi connectivity index (χ3v) is 3.65. The standard InChI is InChI=1S/C18H28N2O4/c1-6-12-11-13(16(21)22)7-8-14(12)15(19)9-10-20(5)17(23)24-18(2,3)4/h7-8,11,15H,6,9-10,19H2,1-5H3,(H,21,22). The van der Waals surface area contributed by atoms with E-state index in [1.165, 1.54) is 4.90 Å². The maximum absolute atomic E-state index is 11.9. The van der Waals surface area contributed by atoms with E-state index in [2.05, 4.69) is 0 Å². The van der Waals surface area contributed by atoms with E-state index in [1.807, 2.05) is 27.7 Å². The molecule has 24 heavy (non-hydrogen) atoms. The summed E-state index contributed by atoms with van der Waals surface area (Å²) >= 11 is 0. The van der Waals surface area contributed by atoms with Gasteiger partial charge < -0.3 is 20.5 Å². The van der Waals surface area contributed by atoms with E-state index in [4.69, 9.17) is 15.6 Å². The lowest BCUT2D eigenvalue weighted by atomic mass is 9.95. The average Bonchev–Trinajstić information content (AvgIpc) is 2.49. The van der Waals surface area contributed by atoms with E-state index in [0.29, 0.717) is 19.4 Å². The Morgan fingerprint density at radius 3 is 2.46 bits per heavy atom. The Kier molecular flexibility index (Phi) is 6.78. The molecular weight excluding hydrogens is 308 g/mol. The summed E-state index contributed by atoms with van der Waals surface area (Å²) in [6.07, 6.45) is 0.882. The zero-order valence-corrected chi connectivity index (χ0v) is 15.1. The van der Waals surface area contributed by atoms with Crippen molar-refractivity contribution in [3.63, 3.8) is 0 Å². The monoisotopic (exact) mass is 336 g/mol. The second-order valence-corrected chi connectivity index (χ2v) is 6.87. The molecule has 0 radical (unpaired) electrons. The minimum Gasteiger partial charge on any atom is -0.478 e. The van der Waals surface area contributed by atoms with Crippen LogP contribution in [-0.2, 0) is 11.2 Å². The third kappa shape index (κ3) is 5.85. The Balaban J connectivity index is 2.73. The number of nitrogens with zero attached hydrogens (tertiary/aromatic N) is 1. The lowest BCUT2D eigenvalue weighted by molar-refractivity contribution is 0.0294. The molecule has 1 aromatic rings. The summed E-state index contributed by atoms with van der Waals surface area (Å²) in [5.41, 5.74) is 7.81. The molecule has 0 aromatic heterocycles. The van der Waals surface area contributed by atoms with Crippen molar-refractivity contribution < 1.29 is 19.4 Å². The van der Waals surface area contributed by atoms with Crippen LogP contribution < -0.4 is 5.73 Å². The number of rotatable bonds is 6. The Bertz CT molecular complexity index is 593. The van der Waals surface area contributed by atoms with Gasteiger partial charge in [-0.25, -0.2) is 9.59 Å². The molecule has 1 amide bonds. The number of aromatic carboxylic acids is 1. The van der Waals surface area contributed by atoms with Gasteiger partial charge in [0.2, 0.25) is 0 Å². The van der Waals surface area contributed by atoms with E-state index in [9.17, 15) is 9.59 Å². The maximum atomic E-state index is 11.9. The molecule has 0 spiro atoms. The molecule has 0 bridgehead atoms. The maximum Gasteiger partial charge on any atom is 0.410 e. The topological polar surface area (TPSA) is 92.9 Å². The minimum absolute atomic E-state index is 0.258. The fourth-order valence-electron chi connectivity index (χ4n) is 2.33. The van der Waals surface area contributed by atoms with Crippen molar-refractivity contribution in [2.45, 2.75) is 52.2 Å². The van der Waals surface area contributed by atoms with E-state index < -0.39 is 11.6 Å². The number of nitrogens with two attached hydrogens (primary N) is 1. The highest BCUT2D eigenvalue weighted by Crippen LogP contribution is 2.22. The number of hydrogen-bond donors (Lipinski definition) is 2. The number of aryl methyl sites for hydroxylation is 1. The molecule has 0 heterocycles.